The van der Waals surface area contributed by atoms with Gasteiger partial charge in [0.2, 0.25) is 11.8 Å². The third kappa shape index (κ3) is 4.90. The number of carbonyl (C=O) groups excluding carboxylic acids is 2. The Morgan fingerprint density at radius 2 is 2.19 bits per heavy atom. The van der Waals surface area contributed by atoms with Gasteiger partial charge in [0.1, 0.15) is 5.82 Å². The minimum Gasteiger partial charge on any atom is -0.338 e. The average Bonchev–Trinajstić information content (AvgIpc) is 3.37. The number of fused-ring (bicyclic) bond motifs is 2. The van der Waals surface area contributed by atoms with Gasteiger partial charge in [-0.05, 0) is 79.2 Å². The monoisotopic (exact) mass is 449 g/mol. The molecule has 1 aliphatic carbocycles. The largest absolute Gasteiger partial charge is 0.338 e. The second-order valence-electron chi connectivity index (χ2n) is 8.77. The van der Waals surface area contributed by atoms with E-state index < -0.39 is 0 Å². The summed E-state index contributed by atoms with van der Waals surface area (Å²) in [5.41, 5.74) is 4.81. The number of anilines is 1. The van der Waals surface area contributed by atoms with Crippen LogP contribution in [0.4, 0.5) is 5.82 Å². The van der Waals surface area contributed by atoms with E-state index in [1.807, 2.05) is 28.8 Å². The van der Waals surface area contributed by atoms with Crippen molar-refractivity contribution in [2.75, 3.05) is 18.4 Å². The Labute approximate surface area is 194 Å². The van der Waals surface area contributed by atoms with Gasteiger partial charge in [-0.2, -0.15) is 0 Å². The maximum atomic E-state index is 12.8. The van der Waals surface area contributed by atoms with Crippen LogP contribution in [0.15, 0.2) is 52.0 Å². The van der Waals surface area contributed by atoms with Gasteiger partial charge in [-0.1, -0.05) is 36.4 Å². The fraction of sp³-hybridized carbons (Fsp3) is 0.423. The molecule has 32 heavy (non-hydrogen) atoms. The van der Waals surface area contributed by atoms with Crippen molar-refractivity contribution in [2.45, 2.75) is 46.5 Å². The van der Waals surface area contributed by atoms with Gasteiger partial charge >= 0.3 is 0 Å². The first-order valence-corrected chi connectivity index (χ1v) is 12.3. The number of nitrogens with zero attached hydrogens (tertiary/aromatic N) is 2. The van der Waals surface area contributed by atoms with Gasteiger partial charge in [0.15, 0.2) is 0 Å². The highest BCUT2D eigenvalue weighted by atomic mass is 32.2. The molecule has 4 rings (SSSR count). The summed E-state index contributed by atoms with van der Waals surface area (Å²) in [7, 11) is 0. The molecule has 1 saturated heterocycles. The molecule has 1 fully saturated rings. The van der Waals surface area contributed by atoms with Crippen molar-refractivity contribution in [2.24, 2.45) is 11.8 Å². The number of rotatable bonds is 6. The second-order valence-corrected chi connectivity index (χ2v) is 9.69. The lowest BCUT2D eigenvalue weighted by Gasteiger charge is -2.17. The van der Waals surface area contributed by atoms with Crippen LogP contribution in [-0.2, 0) is 16.0 Å². The summed E-state index contributed by atoms with van der Waals surface area (Å²) in [6.07, 6.45) is 13.0. The summed E-state index contributed by atoms with van der Waals surface area (Å²) in [6.45, 7) is 8.10. The molecule has 1 aromatic heterocycles. The zero-order valence-electron chi connectivity index (χ0n) is 19.1. The van der Waals surface area contributed by atoms with Crippen molar-refractivity contribution in [3.8, 4) is 0 Å². The van der Waals surface area contributed by atoms with Crippen LogP contribution in [0.5, 0.6) is 0 Å². The number of carbonyl (C=O) groups is 2. The predicted molar refractivity (Wildman–Crippen MR) is 132 cm³/mol. The number of hydrogen-bond donors (Lipinski definition) is 1. The Morgan fingerprint density at radius 1 is 1.34 bits per heavy atom. The molecule has 2 amide bonds. The van der Waals surface area contributed by atoms with Gasteiger partial charge in [-0.25, -0.2) is 4.98 Å². The lowest BCUT2D eigenvalue weighted by Crippen LogP contribution is -2.27. The summed E-state index contributed by atoms with van der Waals surface area (Å²) in [5, 5.41) is 4.95. The smallest absolute Gasteiger partial charge is 0.246 e. The van der Waals surface area contributed by atoms with Crippen LogP contribution in [-0.4, -0.2) is 34.8 Å². The molecular weight excluding hydrogens is 418 g/mol. The fourth-order valence-electron chi connectivity index (χ4n) is 4.64. The SMILES string of the molecule is C/C=C\S/C(C1=CC2CN(C(=O)/C=C/c3cnc4c(c3)CCC(=O)N4)CC2C1)=C(\C)CC. The molecule has 2 atom stereocenters. The van der Waals surface area contributed by atoms with Crippen LogP contribution >= 0.6 is 11.8 Å². The zero-order chi connectivity index (χ0) is 22.7. The van der Waals surface area contributed by atoms with Crippen LogP contribution in [0.25, 0.3) is 6.08 Å². The van der Waals surface area contributed by atoms with Crippen molar-refractivity contribution in [1.82, 2.24) is 9.88 Å². The third-order valence-electron chi connectivity index (χ3n) is 6.52. The molecule has 6 heteroatoms. The molecule has 2 unspecified atom stereocenters. The molecule has 3 heterocycles. The zero-order valence-corrected chi connectivity index (χ0v) is 19.9. The highest BCUT2D eigenvalue weighted by molar-refractivity contribution is 8.06. The molecule has 0 spiro atoms. The van der Waals surface area contributed by atoms with Crippen LogP contribution in [0.2, 0.25) is 0 Å². The molecule has 168 valence electrons. The molecule has 3 aliphatic rings. The molecular formula is C26H31N3O2S. The van der Waals surface area contributed by atoms with Crippen molar-refractivity contribution in [3.63, 3.8) is 0 Å². The Hall–Kier alpha value is -2.60. The highest BCUT2D eigenvalue weighted by Gasteiger charge is 2.38. The second kappa shape index (κ2) is 9.90. The number of nitrogens with one attached hydrogen (secondary N) is 1. The van der Waals surface area contributed by atoms with Crippen molar-refractivity contribution >= 4 is 35.5 Å². The number of likely N-dealkylation sites (tertiary alicyclic amines) is 1. The van der Waals surface area contributed by atoms with E-state index >= 15 is 0 Å². The predicted octanol–water partition coefficient (Wildman–Crippen LogP) is 5.34. The first-order chi connectivity index (χ1) is 15.5. The minimum atomic E-state index is 0.00754. The maximum Gasteiger partial charge on any atom is 0.246 e. The summed E-state index contributed by atoms with van der Waals surface area (Å²) in [5.74, 6) is 1.67. The molecule has 2 aliphatic heterocycles. The van der Waals surface area contributed by atoms with Crippen molar-refractivity contribution in [1.29, 1.82) is 0 Å². The lowest BCUT2D eigenvalue weighted by molar-refractivity contribution is -0.125. The molecule has 0 aromatic carbocycles. The molecule has 0 saturated carbocycles. The van der Waals surface area contributed by atoms with E-state index in [-0.39, 0.29) is 11.8 Å². The van der Waals surface area contributed by atoms with Crippen LogP contribution in [0.1, 0.15) is 51.2 Å². The highest BCUT2D eigenvalue weighted by Crippen LogP contribution is 2.44. The van der Waals surface area contributed by atoms with Gasteiger partial charge in [-0.3, -0.25) is 9.59 Å². The Balaban J connectivity index is 1.39. The van der Waals surface area contributed by atoms with Gasteiger partial charge in [0, 0.05) is 36.7 Å². The van der Waals surface area contributed by atoms with Gasteiger partial charge < -0.3 is 10.2 Å². The van der Waals surface area contributed by atoms with E-state index in [9.17, 15) is 9.59 Å². The van der Waals surface area contributed by atoms with E-state index in [0.29, 0.717) is 30.5 Å². The van der Waals surface area contributed by atoms with E-state index in [1.165, 1.54) is 16.1 Å². The Morgan fingerprint density at radius 3 is 2.94 bits per heavy atom. The van der Waals surface area contributed by atoms with Crippen LogP contribution in [0.3, 0.4) is 0 Å². The van der Waals surface area contributed by atoms with E-state index in [2.05, 4.69) is 48.6 Å². The van der Waals surface area contributed by atoms with Gasteiger partial charge in [0.25, 0.3) is 0 Å². The number of thioether (sulfide) groups is 1. The standard InChI is InChI=1S/C26H31N3O2S/c1-4-10-32-25(17(3)5-2)20-12-21-15-29(16-22(21)13-20)24(31)9-6-18-11-19-7-8-23(30)28-26(19)27-14-18/h4,6,9-12,14,21-22H,5,7-8,13,15-16H2,1-3H3,(H,27,28,30)/b9-6+,10-4-,25-17+. The summed E-state index contributed by atoms with van der Waals surface area (Å²) in [6, 6.07) is 2.01. The molecule has 5 nitrogen and oxygen atoms in total. The molecule has 1 N–H and O–H groups in total. The van der Waals surface area contributed by atoms with Crippen LogP contribution in [0, 0.1) is 11.8 Å². The van der Waals surface area contributed by atoms with Gasteiger partial charge in [0.05, 0.1) is 0 Å². The lowest BCUT2D eigenvalue weighted by atomic mass is 9.99. The molecule has 0 radical (unpaired) electrons. The first-order valence-electron chi connectivity index (χ1n) is 11.4. The Bertz CT molecular complexity index is 1040. The summed E-state index contributed by atoms with van der Waals surface area (Å²) in [4.78, 5) is 32.0. The maximum absolute atomic E-state index is 12.8. The number of hydrogen-bond acceptors (Lipinski definition) is 4. The number of aromatic nitrogens is 1. The average molecular weight is 450 g/mol. The summed E-state index contributed by atoms with van der Waals surface area (Å²) < 4.78 is 0. The Kier molecular flexibility index (Phi) is 6.99. The van der Waals surface area contributed by atoms with Crippen molar-refractivity contribution < 1.29 is 9.59 Å². The van der Waals surface area contributed by atoms with Gasteiger partial charge in [-0.15, -0.1) is 0 Å². The minimum absolute atomic E-state index is 0.00754. The fourth-order valence-corrected chi connectivity index (χ4v) is 5.56. The van der Waals surface area contributed by atoms with E-state index in [0.717, 1.165) is 37.1 Å². The summed E-state index contributed by atoms with van der Waals surface area (Å²) >= 11 is 1.82. The third-order valence-corrected chi connectivity index (χ3v) is 7.77. The quantitative estimate of drug-likeness (QED) is 0.596. The van der Waals surface area contributed by atoms with Crippen LogP contribution < -0.4 is 5.32 Å². The topological polar surface area (TPSA) is 62.3 Å². The number of pyridine rings is 1. The molecule has 0 bridgehead atoms. The van der Waals surface area contributed by atoms with Crippen molar-refractivity contribution in [3.05, 3.63) is 63.1 Å². The first kappa shape index (κ1) is 22.6. The van der Waals surface area contributed by atoms with E-state index in [1.54, 1.807) is 12.3 Å². The van der Waals surface area contributed by atoms with E-state index in [4.69, 9.17) is 0 Å². The molecule has 1 aromatic rings. The number of allylic oxidation sites excluding steroid dienone is 3. The normalized spacial score (nSPS) is 23.3. The number of amides is 2. The number of aryl methyl sites for hydroxylation is 1.